The summed E-state index contributed by atoms with van der Waals surface area (Å²) in [5, 5.41) is 12.4. The molecule has 1 saturated heterocycles. The van der Waals surface area contributed by atoms with Crippen LogP contribution in [0.4, 0.5) is 10.5 Å². The lowest BCUT2D eigenvalue weighted by Crippen LogP contribution is -2.57. The Morgan fingerprint density at radius 2 is 2.07 bits per heavy atom. The molecule has 2 aliphatic rings. The number of rotatable bonds is 5. The van der Waals surface area contributed by atoms with E-state index in [4.69, 9.17) is 4.74 Å². The molecule has 1 aromatic heterocycles. The molecule has 2 N–H and O–H groups in total. The van der Waals surface area contributed by atoms with Crippen LogP contribution in [0.15, 0.2) is 18.3 Å². The third-order valence-corrected chi connectivity index (χ3v) is 5.58. The summed E-state index contributed by atoms with van der Waals surface area (Å²) in [5.41, 5.74) is 1.24. The zero-order valence-electron chi connectivity index (χ0n) is 16.8. The van der Waals surface area contributed by atoms with Gasteiger partial charge in [-0.25, -0.2) is 4.79 Å². The Hall–Kier alpha value is -1.82. The average molecular weight is 376 g/mol. The van der Waals surface area contributed by atoms with Crippen molar-refractivity contribution in [2.75, 3.05) is 11.4 Å². The van der Waals surface area contributed by atoms with Gasteiger partial charge < -0.3 is 20.1 Å². The van der Waals surface area contributed by atoms with E-state index in [0.717, 1.165) is 37.4 Å². The molecule has 0 bridgehead atoms. The van der Waals surface area contributed by atoms with E-state index in [0.29, 0.717) is 5.69 Å². The number of amides is 1. The fraction of sp³-hybridized carbons (Fsp3) is 0.714. The van der Waals surface area contributed by atoms with Crippen molar-refractivity contribution in [2.24, 2.45) is 5.92 Å². The topological polar surface area (TPSA) is 74.7 Å². The van der Waals surface area contributed by atoms with Gasteiger partial charge in [-0.15, -0.1) is 0 Å². The van der Waals surface area contributed by atoms with E-state index < -0.39 is 5.60 Å². The van der Waals surface area contributed by atoms with Crippen LogP contribution in [-0.2, 0) is 11.3 Å². The van der Waals surface area contributed by atoms with Gasteiger partial charge in [0.1, 0.15) is 5.60 Å². The van der Waals surface area contributed by atoms with Gasteiger partial charge in [0.2, 0.25) is 0 Å². The molecule has 1 saturated carbocycles. The Labute approximate surface area is 162 Å². The highest BCUT2D eigenvalue weighted by Crippen LogP contribution is 2.36. The first kappa shape index (κ1) is 19.9. The van der Waals surface area contributed by atoms with Crippen LogP contribution < -0.4 is 10.2 Å². The second-order valence-electron chi connectivity index (χ2n) is 8.85. The predicted molar refractivity (Wildman–Crippen MR) is 106 cm³/mol. The van der Waals surface area contributed by atoms with E-state index in [1.807, 2.05) is 39.1 Å². The van der Waals surface area contributed by atoms with Crippen molar-refractivity contribution in [3.8, 4) is 0 Å². The number of anilines is 1. The second-order valence-corrected chi connectivity index (χ2v) is 8.85. The summed E-state index contributed by atoms with van der Waals surface area (Å²) in [6, 6.07) is 4.23. The maximum atomic E-state index is 12.4. The first-order chi connectivity index (χ1) is 12.9. The van der Waals surface area contributed by atoms with E-state index in [-0.39, 0.29) is 24.8 Å². The Morgan fingerprint density at radius 1 is 1.30 bits per heavy atom. The molecule has 1 aliphatic heterocycles. The molecule has 27 heavy (non-hydrogen) atoms. The number of aromatic nitrogens is 1. The van der Waals surface area contributed by atoms with Gasteiger partial charge >= 0.3 is 6.09 Å². The number of carbonyl (C=O) groups is 1. The molecule has 6 nitrogen and oxygen atoms in total. The average Bonchev–Trinajstić information content (AvgIpc) is 2.57. The number of piperidine rings is 1. The van der Waals surface area contributed by atoms with E-state index >= 15 is 0 Å². The maximum Gasteiger partial charge on any atom is 0.407 e. The highest BCUT2D eigenvalue weighted by Gasteiger charge is 2.36. The summed E-state index contributed by atoms with van der Waals surface area (Å²) in [4.78, 5) is 19.1. The Kier molecular flexibility index (Phi) is 6.25. The third-order valence-electron chi connectivity index (χ3n) is 5.58. The van der Waals surface area contributed by atoms with E-state index in [1.54, 1.807) is 0 Å². The highest BCUT2D eigenvalue weighted by molar-refractivity contribution is 5.68. The molecule has 2 heterocycles. The number of nitrogens with zero attached hydrogens (tertiary/aromatic N) is 2. The van der Waals surface area contributed by atoms with Gasteiger partial charge in [0.05, 0.1) is 30.2 Å². The predicted octanol–water partition coefficient (Wildman–Crippen LogP) is 3.63. The van der Waals surface area contributed by atoms with Crippen molar-refractivity contribution in [3.05, 3.63) is 24.0 Å². The quantitative estimate of drug-likeness (QED) is 0.822. The van der Waals surface area contributed by atoms with Gasteiger partial charge in [-0.05, 0) is 58.1 Å². The minimum atomic E-state index is -0.494. The number of aliphatic hydroxyl groups excluding tert-OH is 1. The Balaban J connectivity index is 1.75. The SMILES string of the molecule is CC(C)(C)OC(=O)N[C@@H]1CCCN(c2ccc(CO)nc2)C1CC1CCC1. The largest absolute Gasteiger partial charge is 0.444 e. The summed E-state index contributed by atoms with van der Waals surface area (Å²) in [5.74, 6) is 0.739. The lowest BCUT2D eigenvalue weighted by Gasteiger charge is -2.45. The van der Waals surface area contributed by atoms with Crippen molar-refractivity contribution in [2.45, 2.75) is 83.6 Å². The lowest BCUT2D eigenvalue weighted by molar-refractivity contribution is 0.0481. The molecule has 3 rings (SSSR count). The van der Waals surface area contributed by atoms with Gasteiger partial charge in [0.25, 0.3) is 0 Å². The fourth-order valence-electron chi connectivity index (χ4n) is 4.05. The van der Waals surface area contributed by atoms with Crippen molar-refractivity contribution in [1.82, 2.24) is 10.3 Å². The number of nitrogens with one attached hydrogen (secondary N) is 1. The van der Waals surface area contributed by atoms with Crippen LogP contribution >= 0.6 is 0 Å². The molecule has 0 spiro atoms. The molecule has 1 amide bonds. The zero-order valence-corrected chi connectivity index (χ0v) is 16.8. The summed E-state index contributed by atoms with van der Waals surface area (Å²) < 4.78 is 5.50. The van der Waals surface area contributed by atoms with Crippen LogP contribution in [0.2, 0.25) is 0 Å². The van der Waals surface area contributed by atoms with Crippen LogP contribution in [0, 0.1) is 5.92 Å². The minimum absolute atomic E-state index is 0.0470. The summed E-state index contributed by atoms with van der Waals surface area (Å²) in [6.45, 7) is 6.58. The lowest BCUT2D eigenvalue weighted by atomic mass is 9.77. The first-order valence-electron chi connectivity index (χ1n) is 10.2. The number of pyridine rings is 1. The van der Waals surface area contributed by atoms with E-state index in [1.165, 1.54) is 19.3 Å². The van der Waals surface area contributed by atoms with Crippen LogP contribution in [-0.4, -0.2) is 40.4 Å². The molecule has 1 unspecified atom stereocenters. The molecule has 0 aromatic carbocycles. The smallest absolute Gasteiger partial charge is 0.407 e. The molecule has 1 aromatic rings. The first-order valence-corrected chi connectivity index (χ1v) is 10.2. The molecule has 1 aliphatic carbocycles. The van der Waals surface area contributed by atoms with Crippen LogP contribution in [0.25, 0.3) is 0 Å². The number of aliphatic hydroxyl groups is 1. The van der Waals surface area contributed by atoms with Gasteiger partial charge in [-0.1, -0.05) is 19.3 Å². The van der Waals surface area contributed by atoms with Crippen LogP contribution in [0.5, 0.6) is 0 Å². The van der Waals surface area contributed by atoms with Crippen molar-refractivity contribution < 1.29 is 14.6 Å². The minimum Gasteiger partial charge on any atom is -0.444 e. The molecule has 150 valence electrons. The number of hydrogen-bond donors (Lipinski definition) is 2. The van der Waals surface area contributed by atoms with Crippen molar-refractivity contribution >= 4 is 11.8 Å². The number of carbonyl (C=O) groups excluding carboxylic acids is 1. The zero-order chi connectivity index (χ0) is 19.4. The van der Waals surface area contributed by atoms with E-state index in [2.05, 4.69) is 15.2 Å². The number of alkyl carbamates (subject to hydrolysis) is 1. The second kappa shape index (κ2) is 8.46. The molecular weight excluding hydrogens is 342 g/mol. The van der Waals surface area contributed by atoms with Gasteiger partial charge in [0, 0.05) is 12.6 Å². The summed E-state index contributed by atoms with van der Waals surface area (Å²) in [7, 11) is 0. The molecule has 6 heteroatoms. The van der Waals surface area contributed by atoms with E-state index in [9.17, 15) is 9.90 Å². The molecule has 2 atom stereocenters. The van der Waals surface area contributed by atoms with Crippen molar-refractivity contribution in [1.29, 1.82) is 0 Å². The van der Waals surface area contributed by atoms with Gasteiger partial charge in [-0.2, -0.15) is 0 Å². The standard InChI is InChI=1S/C21H33N3O3/c1-21(2,3)27-20(26)23-18-8-5-11-24(19(18)12-15-6-4-7-15)17-10-9-16(14-25)22-13-17/h9-10,13,15,18-19,25H,4-8,11-12,14H2,1-3H3,(H,23,26)/t18-,19?/m1/s1. The summed E-state index contributed by atoms with van der Waals surface area (Å²) >= 11 is 0. The molecule has 2 fully saturated rings. The number of ether oxygens (including phenoxy) is 1. The van der Waals surface area contributed by atoms with Crippen LogP contribution in [0.1, 0.15) is 65.0 Å². The Bertz CT molecular complexity index is 623. The summed E-state index contributed by atoms with van der Waals surface area (Å²) in [6.07, 6.45) is 8.46. The highest BCUT2D eigenvalue weighted by atomic mass is 16.6. The normalized spacial score (nSPS) is 23.6. The van der Waals surface area contributed by atoms with Crippen molar-refractivity contribution in [3.63, 3.8) is 0 Å². The third kappa shape index (κ3) is 5.34. The molecular formula is C21H33N3O3. The van der Waals surface area contributed by atoms with Gasteiger partial charge in [-0.3, -0.25) is 4.98 Å². The molecule has 0 radical (unpaired) electrons. The van der Waals surface area contributed by atoms with Crippen LogP contribution in [0.3, 0.4) is 0 Å². The number of hydrogen-bond acceptors (Lipinski definition) is 5. The Morgan fingerprint density at radius 3 is 2.63 bits per heavy atom. The van der Waals surface area contributed by atoms with Gasteiger partial charge in [0.15, 0.2) is 0 Å². The fourth-order valence-corrected chi connectivity index (χ4v) is 4.05. The maximum absolute atomic E-state index is 12.4. The monoisotopic (exact) mass is 375 g/mol.